The highest BCUT2D eigenvalue weighted by molar-refractivity contribution is 5.78. The SMILES string of the molecule is CC(C)CC(=O)N1CCn2cc(CC(=O)N3CCCC3)nc2C1C. The maximum Gasteiger partial charge on any atom is 0.228 e. The quantitative estimate of drug-likeness (QED) is 0.847. The van der Waals surface area contributed by atoms with Gasteiger partial charge in [0.15, 0.2) is 0 Å². The summed E-state index contributed by atoms with van der Waals surface area (Å²) in [5.74, 6) is 1.63. The Kier molecular flexibility index (Phi) is 4.92. The molecule has 2 amide bonds. The molecule has 24 heavy (non-hydrogen) atoms. The Hall–Kier alpha value is -1.85. The molecule has 1 aromatic rings. The Morgan fingerprint density at radius 2 is 1.88 bits per heavy atom. The Balaban J connectivity index is 1.69. The molecule has 1 unspecified atom stereocenters. The van der Waals surface area contributed by atoms with Gasteiger partial charge < -0.3 is 14.4 Å². The second kappa shape index (κ2) is 6.95. The van der Waals surface area contributed by atoms with Gasteiger partial charge in [0.25, 0.3) is 0 Å². The molecule has 0 bridgehead atoms. The van der Waals surface area contributed by atoms with Crippen molar-refractivity contribution >= 4 is 11.8 Å². The van der Waals surface area contributed by atoms with Crippen LogP contribution in [0.25, 0.3) is 0 Å². The van der Waals surface area contributed by atoms with Crippen LogP contribution in [-0.2, 0) is 22.6 Å². The molecule has 6 heteroatoms. The van der Waals surface area contributed by atoms with Gasteiger partial charge in [-0.1, -0.05) is 13.8 Å². The summed E-state index contributed by atoms with van der Waals surface area (Å²) >= 11 is 0. The van der Waals surface area contributed by atoms with Gasteiger partial charge in [-0.25, -0.2) is 4.98 Å². The van der Waals surface area contributed by atoms with Gasteiger partial charge in [-0.3, -0.25) is 9.59 Å². The average molecular weight is 332 g/mol. The number of carbonyl (C=O) groups is 2. The third-order valence-corrected chi connectivity index (χ3v) is 4.97. The molecule has 6 nitrogen and oxygen atoms in total. The molecule has 2 aliphatic rings. The summed E-state index contributed by atoms with van der Waals surface area (Å²) in [7, 11) is 0. The zero-order chi connectivity index (χ0) is 17.3. The molecule has 1 saturated heterocycles. The molecule has 3 heterocycles. The van der Waals surface area contributed by atoms with Gasteiger partial charge in [0.1, 0.15) is 5.82 Å². The maximum absolute atomic E-state index is 12.4. The van der Waals surface area contributed by atoms with Crippen molar-refractivity contribution in [3.05, 3.63) is 17.7 Å². The van der Waals surface area contributed by atoms with Crippen molar-refractivity contribution in [2.75, 3.05) is 19.6 Å². The van der Waals surface area contributed by atoms with Crippen LogP contribution in [0.2, 0.25) is 0 Å². The van der Waals surface area contributed by atoms with Crippen molar-refractivity contribution in [1.82, 2.24) is 19.4 Å². The maximum atomic E-state index is 12.4. The first-order valence-corrected chi connectivity index (χ1v) is 9.09. The smallest absolute Gasteiger partial charge is 0.228 e. The third-order valence-electron chi connectivity index (χ3n) is 4.97. The summed E-state index contributed by atoms with van der Waals surface area (Å²) in [5, 5.41) is 0. The fourth-order valence-corrected chi connectivity index (χ4v) is 3.67. The van der Waals surface area contributed by atoms with Crippen molar-refractivity contribution in [2.24, 2.45) is 5.92 Å². The molecule has 132 valence electrons. The third kappa shape index (κ3) is 3.47. The minimum Gasteiger partial charge on any atom is -0.342 e. The predicted octanol–water partition coefficient (Wildman–Crippen LogP) is 2.00. The van der Waals surface area contributed by atoms with E-state index in [4.69, 9.17) is 0 Å². The number of likely N-dealkylation sites (tertiary alicyclic amines) is 1. The van der Waals surface area contributed by atoms with E-state index in [1.54, 1.807) is 0 Å². The van der Waals surface area contributed by atoms with E-state index in [9.17, 15) is 9.59 Å². The van der Waals surface area contributed by atoms with Gasteiger partial charge in [0.2, 0.25) is 11.8 Å². The van der Waals surface area contributed by atoms with E-state index in [2.05, 4.69) is 23.4 Å². The molecule has 0 radical (unpaired) electrons. The summed E-state index contributed by atoms with van der Waals surface area (Å²) < 4.78 is 2.11. The van der Waals surface area contributed by atoms with Crippen LogP contribution in [0, 0.1) is 5.92 Å². The van der Waals surface area contributed by atoms with E-state index in [1.165, 1.54) is 0 Å². The van der Waals surface area contributed by atoms with Gasteiger partial charge >= 0.3 is 0 Å². The van der Waals surface area contributed by atoms with Gasteiger partial charge in [0.05, 0.1) is 18.2 Å². The van der Waals surface area contributed by atoms with Gasteiger partial charge in [-0.05, 0) is 25.7 Å². The lowest BCUT2D eigenvalue weighted by Gasteiger charge is -2.34. The highest BCUT2D eigenvalue weighted by Crippen LogP contribution is 2.26. The molecule has 1 fully saturated rings. The Bertz CT molecular complexity index is 617. The zero-order valence-electron chi connectivity index (χ0n) is 15.0. The number of imidazole rings is 1. The fourth-order valence-electron chi connectivity index (χ4n) is 3.67. The lowest BCUT2D eigenvalue weighted by Crippen LogP contribution is -2.41. The standard InChI is InChI=1S/C18H28N4O2/c1-13(2)10-17(24)22-9-8-21-12-15(19-18(21)14(22)3)11-16(23)20-6-4-5-7-20/h12-14H,4-11H2,1-3H3. The molecule has 1 aromatic heterocycles. The lowest BCUT2D eigenvalue weighted by molar-refractivity contribution is -0.135. The molecule has 0 aliphatic carbocycles. The number of amides is 2. The monoisotopic (exact) mass is 332 g/mol. The first-order chi connectivity index (χ1) is 11.5. The number of rotatable bonds is 4. The largest absolute Gasteiger partial charge is 0.342 e. The minimum atomic E-state index is -0.0272. The number of nitrogens with zero attached hydrogens (tertiary/aromatic N) is 4. The van der Waals surface area contributed by atoms with Crippen molar-refractivity contribution in [3.8, 4) is 0 Å². The molecule has 0 saturated carbocycles. The van der Waals surface area contributed by atoms with Crippen molar-refractivity contribution in [2.45, 2.75) is 59.0 Å². The molecular weight excluding hydrogens is 304 g/mol. The molecule has 0 aromatic carbocycles. The Morgan fingerprint density at radius 3 is 2.54 bits per heavy atom. The summed E-state index contributed by atoms with van der Waals surface area (Å²) in [6.07, 6.45) is 5.15. The Labute approximate surface area is 143 Å². The predicted molar refractivity (Wildman–Crippen MR) is 91.3 cm³/mol. The van der Waals surface area contributed by atoms with Crippen molar-refractivity contribution < 1.29 is 9.59 Å². The van der Waals surface area contributed by atoms with Crippen LogP contribution in [0.1, 0.15) is 57.6 Å². The average Bonchev–Trinajstić information content (AvgIpc) is 3.15. The van der Waals surface area contributed by atoms with Crippen LogP contribution in [0.5, 0.6) is 0 Å². The number of hydrogen-bond acceptors (Lipinski definition) is 3. The molecule has 0 spiro atoms. The number of fused-ring (bicyclic) bond motifs is 1. The molecule has 2 aliphatic heterocycles. The van der Waals surface area contributed by atoms with Gasteiger partial charge in [-0.2, -0.15) is 0 Å². The fraction of sp³-hybridized carbons (Fsp3) is 0.722. The number of aromatic nitrogens is 2. The van der Waals surface area contributed by atoms with Crippen LogP contribution in [0.4, 0.5) is 0 Å². The van der Waals surface area contributed by atoms with Crippen LogP contribution in [0.15, 0.2) is 6.20 Å². The van der Waals surface area contributed by atoms with Crippen LogP contribution < -0.4 is 0 Å². The molecule has 3 rings (SSSR count). The van der Waals surface area contributed by atoms with Crippen LogP contribution in [-0.4, -0.2) is 50.8 Å². The normalized spacial score (nSPS) is 20.6. The first kappa shape index (κ1) is 17.0. The summed E-state index contributed by atoms with van der Waals surface area (Å²) in [4.78, 5) is 33.3. The topological polar surface area (TPSA) is 58.4 Å². The van der Waals surface area contributed by atoms with E-state index in [0.717, 1.165) is 50.5 Å². The number of hydrogen-bond donors (Lipinski definition) is 0. The van der Waals surface area contributed by atoms with Crippen molar-refractivity contribution in [3.63, 3.8) is 0 Å². The zero-order valence-corrected chi connectivity index (χ0v) is 15.0. The first-order valence-electron chi connectivity index (χ1n) is 9.09. The van der Waals surface area contributed by atoms with E-state index >= 15 is 0 Å². The van der Waals surface area contributed by atoms with E-state index in [1.807, 2.05) is 22.9 Å². The second-order valence-corrected chi connectivity index (χ2v) is 7.41. The second-order valence-electron chi connectivity index (χ2n) is 7.41. The van der Waals surface area contributed by atoms with Crippen LogP contribution >= 0.6 is 0 Å². The van der Waals surface area contributed by atoms with E-state index < -0.39 is 0 Å². The summed E-state index contributed by atoms with van der Waals surface area (Å²) in [5.41, 5.74) is 0.826. The van der Waals surface area contributed by atoms with Crippen molar-refractivity contribution in [1.29, 1.82) is 0 Å². The van der Waals surface area contributed by atoms with Gasteiger partial charge in [-0.15, -0.1) is 0 Å². The summed E-state index contributed by atoms with van der Waals surface area (Å²) in [6.45, 7) is 9.39. The molecule has 1 atom stereocenters. The summed E-state index contributed by atoms with van der Waals surface area (Å²) in [6, 6.07) is -0.0272. The highest BCUT2D eigenvalue weighted by atomic mass is 16.2. The van der Waals surface area contributed by atoms with E-state index in [0.29, 0.717) is 18.8 Å². The van der Waals surface area contributed by atoms with E-state index in [-0.39, 0.29) is 17.9 Å². The minimum absolute atomic E-state index is 0.0272. The molecular formula is C18H28N4O2. The highest BCUT2D eigenvalue weighted by Gasteiger charge is 2.30. The Morgan fingerprint density at radius 1 is 1.17 bits per heavy atom. The van der Waals surface area contributed by atoms with Gasteiger partial charge in [0, 0.05) is 38.8 Å². The molecule has 0 N–H and O–H groups in total. The van der Waals surface area contributed by atoms with Crippen LogP contribution in [0.3, 0.4) is 0 Å². The lowest BCUT2D eigenvalue weighted by atomic mass is 10.1. The number of carbonyl (C=O) groups excluding carboxylic acids is 2.